The first-order chi connectivity index (χ1) is 17.2. The maximum atomic E-state index is 14.0. The maximum absolute atomic E-state index is 14.0. The fraction of sp³-hybridized carbons (Fsp3) is 0.600. The minimum absolute atomic E-state index is 0.116. The van der Waals surface area contributed by atoms with E-state index in [-0.39, 0.29) is 35.9 Å². The van der Waals surface area contributed by atoms with Gasteiger partial charge in [-0.2, -0.15) is 13.2 Å². The summed E-state index contributed by atoms with van der Waals surface area (Å²) in [7, 11) is 3.29. The van der Waals surface area contributed by atoms with E-state index in [1.165, 1.54) is 10.9 Å². The Hall–Kier alpha value is -3.11. The number of carbonyl (C=O) groups excluding carboxylic acids is 1. The summed E-state index contributed by atoms with van der Waals surface area (Å²) in [6.45, 7) is 3.61. The van der Waals surface area contributed by atoms with Crippen molar-refractivity contribution in [1.82, 2.24) is 24.9 Å². The second-order valence-corrected chi connectivity index (χ2v) is 9.59. The molecule has 1 amide bonds. The molecule has 0 aromatic carbocycles. The van der Waals surface area contributed by atoms with Crippen LogP contribution in [0.4, 0.5) is 18.0 Å². The second kappa shape index (κ2) is 10.9. The number of aryl methyl sites for hydroxylation is 1. The van der Waals surface area contributed by atoms with Gasteiger partial charge in [0, 0.05) is 31.9 Å². The predicted molar refractivity (Wildman–Crippen MR) is 126 cm³/mol. The van der Waals surface area contributed by atoms with Crippen molar-refractivity contribution in [2.24, 2.45) is 13.0 Å². The third-order valence-corrected chi connectivity index (χ3v) is 7.14. The van der Waals surface area contributed by atoms with Gasteiger partial charge in [-0.05, 0) is 50.5 Å². The number of pyridine rings is 1. The number of nitrogens with zero attached hydrogens (tertiary/aromatic N) is 5. The highest BCUT2D eigenvalue weighted by Gasteiger charge is 2.37. The molecule has 196 valence electrons. The number of rotatable bonds is 7. The molecule has 8 nitrogen and oxygen atoms in total. The van der Waals surface area contributed by atoms with Crippen LogP contribution >= 0.6 is 0 Å². The van der Waals surface area contributed by atoms with E-state index in [9.17, 15) is 18.0 Å². The summed E-state index contributed by atoms with van der Waals surface area (Å²) in [5.74, 6) is -0.231. The van der Waals surface area contributed by atoms with Crippen LogP contribution in [0.5, 0.6) is 5.88 Å². The van der Waals surface area contributed by atoms with Gasteiger partial charge < -0.3 is 14.4 Å². The van der Waals surface area contributed by atoms with Crippen molar-refractivity contribution in [2.75, 3.05) is 7.05 Å². The first-order valence-electron chi connectivity index (χ1n) is 12.3. The van der Waals surface area contributed by atoms with Crippen LogP contribution in [0.1, 0.15) is 62.6 Å². The molecule has 2 aliphatic carbocycles. The SMILES string of the molecule is C=C[C@H]1CCC[C@H](Oc2ncc(-c3nnn(C)c3COC(=O)N(C)C3CCCC3)cc2C(F)(F)F)C1. The van der Waals surface area contributed by atoms with Gasteiger partial charge in [-0.1, -0.05) is 24.1 Å². The number of ether oxygens (including phenoxy) is 2. The molecule has 2 aliphatic rings. The van der Waals surface area contributed by atoms with Crippen LogP contribution in [0.3, 0.4) is 0 Å². The number of hydrogen-bond acceptors (Lipinski definition) is 6. The molecule has 2 saturated carbocycles. The fourth-order valence-corrected chi connectivity index (χ4v) is 4.97. The van der Waals surface area contributed by atoms with Gasteiger partial charge in [-0.15, -0.1) is 11.7 Å². The molecule has 2 atom stereocenters. The van der Waals surface area contributed by atoms with Crippen molar-refractivity contribution < 1.29 is 27.4 Å². The van der Waals surface area contributed by atoms with Crippen molar-refractivity contribution in [2.45, 2.75) is 76.3 Å². The van der Waals surface area contributed by atoms with Crippen LogP contribution < -0.4 is 4.74 Å². The molecular weight excluding hydrogens is 475 g/mol. The molecule has 2 fully saturated rings. The summed E-state index contributed by atoms with van der Waals surface area (Å²) >= 11 is 0. The maximum Gasteiger partial charge on any atom is 0.421 e. The van der Waals surface area contributed by atoms with E-state index in [0.29, 0.717) is 18.5 Å². The highest BCUT2D eigenvalue weighted by molar-refractivity contribution is 5.68. The molecule has 11 heteroatoms. The number of hydrogen-bond donors (Lipinski definition) is 0. The highest BCUT2D eigenvalue weighted by Crippen LogP contribution is 2.39. The van der Waals surface area contributed by atoms with Crippen molar-refractivity contribution in [3.8, 4) is 17.1 Å². The quantitative estimate of drug-likeness (QED) is 0.459. The topological polar surface area (TPSA) is 82.4 Å². The molecule has 2 heterocycles. The van der Waals surface area contributed by atoms with E-state index in [2.05, 4.69) is 21.9 Å². The standard InChI is InChI=1S/C25H32F3N5O3/c1-4-16-8-7-11-19(12-16)36-23-20(25(26,27)28)13-17(14-29-23)22-21(33(3)31-30-22)15-35-24(34)32(2)18-9-5-6-10-18/h4,13-14,16,18-19H,1,5-12,15H2,2-3H3/t16-,19-/m0/s1. The second-order valence-electron chi connectivity index (χ2n) is 9.59. The van der Waals surface area contributed by atoms with E-state index >= 15 is 0 Å². The lowest BCUT2D eigenvalue weighted by Crippen LogP contribution is -2.35. The minimum atomic E-state index is -4.68. The van der Waals surface area contributed by atoms with E-state index in [1.807, 2.05) is 6.08 Å². The van der Waals surface area contributed by atoms with Gasteiger partial charge >= 0.3 is 12.3 Å². The van der Waals surface area contributed by atoms with Crippen LogP contribution in [0.15, 0.2) is 24.9 Å². The Morgan fingerprint density at radius 3 is 2.69 bits per heavy atom. The molecule has 36 heavy (non-hydrogen) atoms. The first kappa shape index (κ1) is 26.0. The zero-order chi connectivity index (χ0) is 25.9. The Morgan fingerprint density at radius 1 is 1.25 bits per heavy atom. The van der Waals surface area contributed by atoms with Crippen molar-refractivity contribution in [3.05, 3.63) is 36.2 Å². The molecule has 0 N–H and O–H groups in total. The zero-order valence-electron chi connectivity index (χ0n) is 20.6. The smallest absolute Gasteiger partial charge is 0.421 e. The van der Waals surface area contributed by atoms with Crippen LogP contribution in [0, 0.1) is 5.92 Å². The summed E-state index contributed by atoms with van der Waals surface area (Å²) in [6, 6.07) is 1.11. The number of carbonyl (C=O) groups is 1. The average Bonchev–Trinajstić information content (AvgIpc) is 3.52. The van der Waals surface area contributed by atoms with Gasteiger partial charge in [0.25, 0.3) is 0 Å². The van der Waals surface area contributed by atoms with Gasteiger partial charge in [0.05, 0.1) is 0 Å². The summed E-state index contributed by atoms with van der Waals surface area (Å²) < 4.78 is 54.5. The lowest BCUT2D eigenvalue weighted by molar-refractivity contribution is -0.139. The number of allylic oxidation sites excluding steroid dienone is 1. The Balaban J connectivity index is 1.54. The van der Waals surface area contributed by atoms with E-state index in [0.717, 1.165) is 44.6 Å². The molecule has 0 radical (unpaired) electrons. The normalized spacial score (nSPS) is 20.8. The lowest BCUT2D eigenvalue weighted by Gasteiger charge is -2.28. The fourth-order valence-electron chi connectivity index (χ4n) is 4.97. The van der Waals surface area contributed by atoms with Crippen LogP contribution in [0.25, 0.3) is 11.3 Å². The van der Waals surface area contributed by atoms with Crippen molar-refractivity contribution >= 4 is 6.09 Å². The van der Waals surface area contributed by atoms with E-state index < -0.39 is 23.7 Å². The highest BCUT2D eigenvalue weighted by atomic mass is 19.4. The van der Waals surface area contributed by atoms with Gasteiger partial charge in [-0.25, -0.2) is 14.5 Å². The molecule has 0 spiro atoms. The van der Waals surface area contributed by atoms with E-state index in [1.54, 1.807) is 19.0 Å². The van der Waals surface area contributed by atoms with Crippen molar-refractivity contribution in [1.29, 1.82) is 0 Å². The predicted octanol–water partition coefficient (Wildman–Crippen LogP) is 5.53. The Morgan fingerprint density at radius 2 is 2.00 bits per heavy atom. The molecule has 0 aliphatic heterocycles. The van der Waals surface area contributed by atoms with E-state index in [4.69, 9.17) is 9.47 Å². The third kappa shape index (κ3) is 5.82. The lowest BCUT2D eigenvalue weighted by atomic mass is 9.87. The minimum Gasteiger partial charge on any atom is -0.474 e. The number of halogens is 3. The molecule has 0 saturated heterocycles. The first-order valence-corrected chi connectivity index (χ1v) is 12.3. The third-order valence-electron chi connectivity index (χ3n) is 7.14. The van der Waals surface area contributed by atoms with Gasteiger partial charge in [0.15, 0.2) is 0 Å². The monoisotopic (exact) mass is 507 g/mol. The molecule has 2 aromatic heterocycles. The van der Waals surface area contributed by atoms with Crippen molar-refractivity contribution in [3.63, 3.8) is 0 Å². The summed E-state index contributed by atoms with van der Waals surface area (Å²) in [4.78, 5) is 18.1. The Bertz CT molecular complexity index is 1080. The van der Waals surface area contributed by atoms with Crippen LogP contribution in [0.2, 0.25) is 0 Å². The molecule has 4 rings (SSSR count). The van der Waals surface area contributed by atoms with Crippen LogP contribution in [-0.2, 0) is 24.6 Å². The molecular formula is C25H32F3N5O3. The Kier molecular flexibility index (Phi) is 7.85. The Labute approximate surface area is 208 Å². The van der Waals surface area contributed by atoms with Gasteiger partial charge in [-0.3, -0.25) is 0 Å². The average molecular weight is 508 g/mol. The van der Waals surface area contributed by atoms with Gasteiger partial charge in [0.2, 0.25) is 5.88 Å². The zero-order valence-corrected chi connectivity index (χ0v) is 20.6. The van der Waals surface area contributed by atoms with Crippen LogP contribution in [-0.4, -0.2) is 50.2 Å². The molecule has 2 aromatic rings. The largest absolute Gasteiger partial charge is 0.474 e. The van der Waals surface area contributed by atoms with Gasteiger partial charge in [0.1, 0.15) is 29.7 Å². The summed E-state index contributed by atoms with van der Waals surface area (Å²) in [6.07, 6.45) is 4.69. The summed E-state index contributed by atoms with van der Waals surface area (Å²) in [5, 5.41) is 7.96. The number of alkyl halides is 3. The summed E-state index contributed by atoms with van der Waals surface area (Å²) in [5.41, 5.74) is -0.323. The number of aromatic nitrogens is 4. The molecule has 0 bridgehead atoms. The number of amides is 1. The molecule has 0 unspecified atom stereocenters.